The summed E-state index contributed by atoms with van der Waals surface area (Å²) in [6.07, 6.45) is 3.66. The van der Waals surface area contributed by atoms with Crippen LogP contribution in [0.5, 0.6) is 0 Å². The van der Waals surface area contributed by atoms with Gasteiger partial charge in [0.25, 0.3) is 0 Å². The van der Waals surface area contributed by atoms with E-state index >= 15 is 0 Å². The van der Waals surface area contributed by atoms with Gasteiger partial charge in [0.1, 0.15) is 6.23 Å². The van der Waals surface area contributed by atoms with E-state index in [1.807, 2.05) is 0 Å². The van der Waals surface area contributed by atoms with Crippen molar-refractivity contribution < 1.29 is 13.6 Å². The molecule has 19 heavy (non-hydrogen) atoms. The molecule has 5 heteroatoms. The molecule has 0 aromatic carbocycles. The normalized spacial score (nSPS) is 39.8. The summed E-state index contributed by atoms with van der Waals surface area (Å²) in [4.78, 5) is 2.45. The first-order chi connectivity index (χ1) is 9.05. The maximum atomic E-state index is 6.43. The zero-order chi connectivity index (χ0) is 13.9. The Morgan fingerprint density at radius 2 is 1.84 bits per heavy atom. The monoisotopic (exact) mass is 287 g/mol. The number of hydrogen-bond donors (Lipinski definition) is 0. The smallest absolute Gasteiger partial charge is 0.338 e. The zero-order valence-electron chi connectivity index (χ0n) is 12.9. The van der Waals surface area contributed by atoms with Gasteiger partial charge in [-0.1, -0.05) is 13.8 Å². The maximum absolute atomic E-state index is 6.43. The summed E-state index contributed by atoms with van der Waals surface area (Å²) in [6.45, 7) is 10.5. The van der Waals surface area contributed by atoms with Gasteiger partial charge in [0.2, 0.25) is 0 Å². The van der Waals surface area contributed by atoms with E-state index in [0.29, 0.717) is 12.1 Å². The quantitative estimate of drug-likeness (QED) is 0.731. The molecule has 0 aromatic heterocycles. The van der Waals surface area contributed by atoms with Gasteiger partial charge >= 0.3 is 8.56 Å². The molecule has 4 nitrogen and oxygen atoms in total. The molecule has 112 valence electrons. The van der Waals surface area contributed by atoms with Crippen LogP contribution in [0.3, 0.4) is 0 Å². The van der Waals surface area contributed by atoms with Crippen LogP contribution in [0.25, 0.3) is 0 Å². The van der Waals surface area contributed by atoms with Crippen LogP contribution in [0.15, 0.2) is 0 Å². The zero-order valence-corrected chi connectivity index (χ0v) is 13.9. The van der Waals surface area contributed by atoms with Gasteiger partial charge < -0.3 is 13.6 Å². The van der Waals surface area contributed by atoms with Crippen molar-refractivity contribution in [2.24, 2.45) is 5.92 Å². The highest BCUT2D eigenvalue weighted by atomic mass is 28.4. The Labute approximate surface area is 118 Å². The van der Waals surface area contributed by atoms with Crippen LogP contribution in [0.1, 0.15) is 33.1 Å². The van der Waals surface area contributed by atoms with Crippen molar-refractivity contribution in [1.82, 2.24) is 4.90 Å². The van der Waals surface area contributed by atoms with E-state index in [9.17, 15) is 0 Å². The molecule has 3 unspecified atom stereocenters. The number of rotatable bonds is 2. The van der Waals surface area contributed by atoms with E-state index in [0.717, 1.165) is 32.0 Å². The first kappa shape index (κ1) is 15.4. The number of nitrogens with zero attached hydrogens (tertiary/aromatic N) is 1. The maximum Gasteiger partial charge on any atom is 0.338 e. The fourth-order valence-electron chi connectivity index (χ4n) is 2.87. The Morgan fingerprint density at radius 1 is 1.16 bits per heavy atom. The summed E-state index contributed by atoms with van der Waals surface area (Å²) in [7, 11) is -0.276. The summed E-state index contributed by atoms with van der Waals surface area (Å²) >= 11 is 0. The fraction of sp³-hybridized carbons (Fsp3) is 1.00. The molecule has 0 aliphatic carbocycles. The molecule has 0 saturated carbocycles. The minimum atomic E-state index is -2.08. The lowest BCUT2D eigenvalue weighted by molar-refractivity contribution is -0.0797. The van der Waals surface area contributed by atoms with Crippen LogP contribution in [0, 0.1) is 5.92 Å². The summed E-state index contributed by atoms with van der Waals surface area (Å²) in [6, 6.07) is 0. The molecule has 0 N–H and O–H groups in total. The first-order valence-electron chi connectivity index (χ1n) is 7.60. The van der Waals surface area contributed by atoms with Crippen LogP contribution >= 0.6 is 0 Å². The van der Waals surface area contributed by atoms with Crippen molar-refractivity contribution in [3.05, 3.63) is 0 Å². The molecule has 2 heterocycles. The minimum absolute atomic E-state index is 0.0897. The summed E-state index contributed by atoms with van der Waals surface area (Å²) in [5, 5.41) is 0. The molecular formula is C14H29NO3Si. The van der Waals surface area contributed by atoms with Crippen molar-refractivity contribution in [3.8, 4) is 0 Å². The highest BCUT2D eigenvalue weighted by molar-refractivity contribution is 6.67. The van der Waals surface area contributed by atoms with E-state index in [1.54, 1.807) is 7.11 Å². The molecular weight excluding hydrogens is 258 g/mol. The second kappa shape index (κ2) is 6.67. The average molecular weight is 287 g/mol. The van der Waals surface area contributed by atoms with Crippen LogP contribution in [0.2, 0.25) is 12.1 Å². The van der Waals surface area contributed by atoms with Crippen LogP contribution in [-0.2, 0) is 13.6 Å². The molecule has 0 bridgehead atoms. The number of piperidine rings is 1. The molecule has 2 aliphatic heterocycles. The van der Waals surface area contributed by atoms with Crippen LogP contribution in [0.4, 0.5) is 0 Å². The van der Waals surface area contributed by atoms with Crippen molar-refractivity contribution in [2.75, 3.05) is 33.4 Å². The Hall–Kier alpha value is 0.0569. The van der Waals surface area contributed by atoms with Crippen LogP contribution < -0.4 is 0 Å². The van der Waals surface area contributed by atoms with Crippen LogP contribution in [-0.4, -0.2) is 53.1 Å². The summed E-state index contributed by atoms with van der Waals surface area (Å²) in [5.74, 6) is 0.843. The van der Waals surface area contributed by atoms with E-state index in [1.165, 1.54) is 12.8 Å². The average Bonchev–Trinajstić information content (AvgIpc) is 2.41. The Bertz CT molecular complexity index is 284. The Balaban J connectivity index is 2.02. The third-order valence-corrected chi connectivity index (χ3v) is 8.48. The second-order valence-electron chi connectivity index (χ2n) is 6.28. The molecule has 2 rings (SSSR count). The molecule has 0 aromatic rings. The molecule has 0 spiro atoms. The Morgan fingerprint density at radius 3 is 2.47 bits per heavy atom. The predicted molar refractivity (Wildman–Crippen MR) is 78.3 cm³/mol. The van der Waals surface area contributed by atoms with E-state index < -0.39 is 8.56 Å². The molecule has 2 saturated heterocycles. The molecule has 2 fully saturated rings. The predicted octanol–water partition coefficient (Wildman–Crippen LogP) is 2.59. The van der Waals surface area contributed by atoms with Crippen molar-refractivity contribution in [2.45, 2.75) is 51.4 Å². The lowest BCUT2D eigenvalue weighted by atomic mass is 9.99. The third kappa shape index (κ3) is 3.79. The number of ether oxygens (including phenoxy) is 1. The van der Waals surface area contributed by atoms with E-state index in [4.69, 9.17) is 13.6 Å². The van der Waals surface area contributed by atoms with Gasteiger partial charge in [0, 0.05) is 32.3 Å². The highest BCUT2D eigenvalue weighted by Crippen LogP contribution is 2.31. The van der Waals surface area contributed by atoms with Crippen molar-refractivity contribution in [3.63, 3.8) is 0 Å². The van der Waals surface area contributed by atoms with E-state index in [-0.39, 0.29) is 6.23 Å². The third-order valence-electron chi connectivity index (χ3n) is 4.85. The standard InChI is InChI=1S/C14H29NO3Si/c1-12-5-8-15(9-6-12)14-11-17-10-7-13(2)19(4,16-3)18-14/h12-14H,5-11H2,1-4H3. The summed E-state index contributed by atoms with van der Waals surface area (Å²) in [5.41, 5.74) is 0.476. The summed E-state index contributed by atoms with van der Waals surface area (Å²) < 4.78 is 18.0. The molecule has 3 atom stereocenters. The topological polar surface area (TPSA) is 30.9 Å². The number of likely N-dealkylation sites (tertiary alicyclic amines) is 1. The first-order valence-corrected chi connectivity index (χ1v) is 9.99. The SMILES string of the molecule is CO[Si]1(C)OC(N2CCC(C)CC2)COCCC1C. The van der Waals surface area contributed by atoms with Gasteiger partial charge in [-0.3, -0.25) is 4.90 Å². The lowest BCUT2D eigenvalue weighted by Crippen LogP contribution is -2.54. The number of hydrogen-bond acceptors (Lipinski definition) is 4. The largest absolute Gasteiger partial charge is 0.398 e. The van der Waals surface area contributed by atoms with Gasteiger partial charge in [-0.25, -0.2) is 0 Å². The van der Waals surface area contributed by atoms with Gasteiger partial charge in [-0.05, 0) is 31.7 Å². The van der Waals surface area contributed by atoms with E-state index in [2.05, 4.69) is 25.3 Å². The fourth-order valence-corrected chi connectivity index (χ4v) is 5.00. The molecule has 0 amide bonds. The van der Waals surface area contributed by atoms with Gasteiger partial charge in [0.05, 0.1) is 6.61 Å². The van der Waals surface area contributed by atoms with Gasteiger partial charge in [-0.2, -0.15) is 0 Å². The highest BCUT2D eigenvalue weighted by Gasteiger charge is 2.42. The minimum Gasteiger partial charge on any atom is -0.398 e. The lowest BCUT2D eigenvalue weighted by Gasteiger charge is -2.43. The van der Waals surface area contributed by atoms with Gasteiger partial charge in [-0.15, -0.1) is 0 Å². The van der Waals surface area contributed by atoms with Gasteiger partial charge in [0.15, 0.2) is 0 Å². The molecule has 0 radical (unpaired) electrons. The van der Waals surface area contributed by atoms with Crippen molar-refractivity contribution in [1.29, 1.82) is 0 Å². The second-order valence-corrected chi connectivity index (χ2v) is 9.94. The Kier molecular flexibility index (Phi) is 5.43. The molecule has 2 aliphatic rings. The van der Waals surface area contributed by atoms with Crippen molar-refractivity contribution >= 4 is 8.56 Å².